The fourth-order valence-electron chi connectivity index (χ4n) is 3.50. The summed E-state index contributed by atoms with van der Waals surface area (Å²) < 4.78 is 10.4. The first-order valence-electron chi connectivity index (χ1n) is 11.3. The number of amides is 2. The number of ketones is 1. The predicted octanol–water partition coefficient (Wildman–Crippen LogP) is 5.21. The van der Waals surface area contributed by atoms with E-state index < -0.39 is 23.7 Å². The molecule has 0 unspecified atom stereocenters. The van der Waals surface area contributed by atoms with Crippen LogP contribution in [-0.4, -0.2) is 47.6 Å². The number of carbonyl (C=O) groups excluding carboxylic acids is 4. The molecular weight excluding hydrogens is 478 g/mol. The Labute approximate surface area is 212 Å². The quantitative estimate of drug-likeness (QED) is 0.226. The van der Waals surface area contributed by atoms with Gasteiger partial charge >= 0.3 is 5.97 Å². The maximum Gasteiger partial charge on any atom is 0.326 e. The zero-order valence-electron chi connectivity index (χ0n) is 19.5. The van der Waals surface area contributed by atoms with E-state index in [0.29, 0.717) is 16.9 Å². The van der Waals surface area contributed by atoms with Crippen molar-refractivity contribution in [2.75, 3.05) is 19.8 Å². The van der Waals surface area contributed by atoms with Crippen LogP contribution in [0, 0.1) is 0 Å². The van der Waals surface area contributed by atoms with E-state index in [1.807, 2.05) is 42.5 Å². The Morgan fingerprint density at radius 2 is 1.56 bits per heavy atom. The summed E-state index contributed by atoms with van der Waals surface area (Å²) in [5.74, 6) is -0.822. The van der Waals surface area contributed by atoms with Crippen molar-refractivity contribution in [3.63, 3.8) is 0 Å². The smallest absolute Gasteiger partial charge is 0.326 e. The maximum absolute atomic E-state index is 12.5. The molecule has 1 fully saturated rings. The molecule has 8 heteroatoms. The van der Waals surface area contributed by atoms with E-state index in [0.717, 1.165) is 27.8 Å². The molecule has 2 amide bonds. The third kappa shape index (κ3) is 6.09. The Balaban J connectivity index is 1.33. The van der Waals surface area contributed by atoms with Gasteiger partial charge in [0.15, 0.2) is 12.4 Å². The largest absolute Gasteiger partial charge is 0.485 e. The third-order valence-corrected chi connectivity index (χ3v) is 6.24. The van der Waals surface area contributed by atoms with Gasteiger partial charge in [0.1, 0.15) is 12.3 Å². The molecule has 1 saturated heterocycles. The molecule has 3 aromatic rings. The van der Waals surface area contributed by atoms with Crippen molar-refractivity contribution in [3.8, 4) is 16.9 Å². The molecule has 0 bridgehead atoms. The SMILES string of the molecule is CCOC(=O)CN1C(=O)S/C(=C\c2ccc(OCC(=O)c3ccc(-c4ccccc4)cc3)cc2)C1=O. The Bertz CT molecular complexity index is 1300. The van der Waals surface area contributed by atoms with Gasteiger partial charge in [-0.05, 0) is 53.6 Å². The molecule has 1 aliphatic heterocycles. The Morgan fingerprint density at radius 3 is 2.22 bits per heavy atom. The van der Waals surface area contributed by atoms with Crippen molar-refractivity contribution in [1.82, 2.24) is 4.90 Å². The molecule has 0 atom stereocenters. The van der Waals surface area contributed by atoms with Gasteiger partial charge in [0, 0.05) is 5.56 Å². The number of carbonyl (C=O) groups is 4. The van der Waals surface area contributed by atoms with Crippen molar-refractivity contribution >= 4 is 40.7 Å². The number of esters is 1. The van der Waals surface area contributed by atoms with Gasteiger partial charge in [0.2, 0.25) is 0 Å². The molecule has 1 aliphatic rings. The number of Topliss-reactive ketones (excluding diaryl/α,β-unsaturated/α-hetero) is 1. The minimum Gasteiger partial charge on any atom is -0.485 e. The molecule has 182 valence electrons. The highest BCUT2D eigenvalue weighted by Crippen LogP contribution is 2.32. The maximum atomic E-state index is 12.5. The number of thioether (sulfide) groups is 1. The molecule has 7 nitrogen and oxygen atoms in total. The number of hydrogen-bond donors (Lipinski definition) is 0. The lowest BCUT2D eigenvalue weighted by molar-refractivity contribution is -0.145. The standard InChI is InChI=1S/C28H23NO6S/c1-2-34-26(31)17-29-27(32)25(36-28(29)33)16-19-8-14-23(15-9-19)35-18-24(30)22-12-10-21(11-13-22)20-6-4-3-5-7-20/h3-16H,2,17-18H2,1H3/b25-16-. The van der Waals surface area contributed by atoms with Crippen LogP contribution in [0.3, 0.4) is 0 Å². The molecule has 36 heavy (non-hydrogen) atoms. The first kappa shape index (κ1) is 24.9. The lowest BCUT2D eigenvalue weighted by atomic mass is 10.0. The van der Waals surface area contributed by atoms with Gasteiger partial charge in [0.05, 0.1) is 11.5 Å². The summed E-state index contributed by atoms with van der Waals surface area (Å²) >= 11 is 0.767. The van der Waals surface area contributed by atoms with Gasteiger partial charge in [-0.1, -0.05) is 66.7 Å². The van der Waals surface area contributed by atoms with Gasteiger partial charge in [-0.25, -0.2) is 0 Å². The molecule has 1 heterocycles. The summed E-state index contributed by atoms with van der Waals surface area (Å²) in [6.07, 6.45) is 1.57. The van der Waals surface area contributed by atoms with Crippen LogP contribution >= 0.6 is 11.8 Å². The summed E-state index contributed by atoms with van der Waals surface area (Å²) in [7, 11) is 0. The van der Waals surface area contributed by atoms with Crippen molar-refractivity contribution in [3.05, 3.63) is 94.9 Å². The zero-order valence-corrected chi connectivity index (χ0v) is 20.3. The highest BCUT2D eigenvalue weighted by atomic mass is 32.2. The summed E-state index contributed by atoms with van der Waals surface area (Å²) in [6, 6.07) is 24.1. The van der Waals surface area contributed by atoms with Crippen LogP contribution in [0.5, 0.6) is 5.75 Å². The lowest BCUT2D eigenvalue weighted by Gasteiger charge is -2.10. The lowest BCUT2D eigenvalue weighted by Crippen LogP contribution is -2.34. The Morgan fingerprint density at radius 1 is 0.889 bits per heavy atom. The normalized spacial score (nSPS) is 14.2. The molecule has 4 rings (SSSR count). The minimum atomic E-state index is -0.635. The second-order valence-electron chi connectivity index (χ2n) is 7.80. The first-order valence-corrected chi connectivity index (χ1v) is 12.1. The molecular formula is C28H23NO6S. The molecule has 0 radical (unpaired) electrons. The molecule has 0 saturated carbocycles. The van der Waals surface area contributed by atoms with Gasteiger partial charge in [-0.2, -0.15) is 0 Å². The summed E-state index contributed by atoms with van der Waals surface area (Å²) in [6.45, 7) is 1.30. The second-order valence-corrected chi connectivity index (χ2v) is 8.79. The topological polar surface area (TPSA) is 90.0 Å². The van der Waals surface area contributed by atoms with Crippen molar-refractivity contribution in [1.29, 1.82) is 0 Å². The summed E-state index contributed by atoms with van der Waals surface area (Å²) in [4.78, 5) is 49.8. The van der Waals surface area contributed by atoms with E-state index >= 15 is 0 Å². The van der Waals surface area contributed by atoms with Crippen molar-refractivity contribution < 1.29 is 28.7 Å². The number of nitrogens with zero attached hydrogens (tertiary/aromatic N) is 1. The van der Waals surface area contributed by atoms with Crippen LogP contribution in [0.1, 0.15) is 22.8 Å². The number of ether oxygens (including phenoxy) is 2. The number of imide groups is 1. The number of rotatable bonds is 9. The monoisotopic (exact) mass is 501 g/mol. The zero-order chi connectivity index (χ0) is 25.5. The summed E-state index contributed by atoms with van der Waals surface area (Å²) in [5.41, 5.74) is 3.34. The van der Waals surface area contributed by atoms with Gasteiger partial charge in [-0.15, -0.1) is 0 Å². The molecule has 0 aliphatic carbocycles. The first-order chi connectivity index (χ1) is 17.4. The van der Waals surface area contributed by atoms with Crippen molar-refractivity contribution in [2.45, 2.75) is 6.92 Å². The highest BCUT2D eigenvalue weighted by molar-refractivity contribution is 8.18. The van der Waals surface area contributed by atoms with E-state index in [2.05, 4.69) is 0 Å². The van der Waals surface area contributed by atoms with E-state index in [1.54, 1.807) is 49.4 Å². The fourth-order valence-corrected chi connectivity index (χ4v) is 4.33. The fraction of sp³-hybridized carbons (Fsp3) is 0.143. The highest BCUT2D eigenvalue weighted by Gasteiger charge is 2.36. The van der Waals surface area contributed by atoms with Crippen LogP contribution in [0.4, 0.5) is 4.79 Å². The Hall–Kier alpha value is -4.17. The van der Waals surface area contributed by atoms with Crippen LogP contribution in [-0.2, 0) is 14.3 Å². The van der Waals surface area contributed by atoms with E-state index in [1.165, 1.54) is 0 Å². The van der Waals surface area contributed by atoms with Crippen LogP contribution in [0.2, 0.25) is 0 Å². The van der Waals surface area contributed by atoms with E-state index in [-0.39, 0.29) is 23.9 Å². The average Bonchev–Trinajstić information content (AvgIpc) is 3.16. The third-order valence-electron chi connectivity index (χ3n) is 5.33. The van der Waals surface area contributed by atoms with E-state index in [4.69, 9.17) is 9.47 Å². The van der Waals surface area contributed by atoms with E-state index in [9.17, 15) is 19.2 Å². The predicted molar refractivity (Wildman–Crippen MR) is 137 cm³/mol. The number of hydrogen-bond acceptors (Lipinski definition) is 7. The number of benzene rings is 3. The molecule has 0 aromatic heterocycles. The van der Waals surface area contributed by atoms with Crippen LogP contribution in [0.15, 0.2) is 83.8 Å². The average molecular weight is 502 g/mol. The molecule has 3 aromatic carbocycles. The molecule has 0 N–H and O–H groups in total. The van der Waals surface area contributed by atoms with Crippen molar-refractivity contribution in [2.24, 2.45) is 0 Å². The second kappa shape index (κ2) is 11.5. The minimum absolute atomic E-state index is 0.114. The molecule has 0 spiro atoms. The van der Waals surface area contributed by atoms with Crippen LogP contribution in [0.25, 0.3) is 17.2 Å². The van der Waals surface area contributed by atoms with Gasteiger partial charge in [0.25, 0.3) is 11.1 Å². The Kier molecular flexibility index (Phi) is 7.97. The van der Waals surface area contributed by atoms with Crippen LogP contribution < -0.4 is 4.74 Å². The van der Waals surface area contributed by atoms with Gasteiger partial charge < -0.3 is 9.47 Å². The van der Waals surface area contributed by atoms with Gasteiger partial charge in [-0.3, -0.25) is 24.1 Å². The summed E-state index contributed by atoms with van der Waals surface area (Å²) in [5, 5.41) is -0.519.